The predicted molar refractivity (Wildman–Crippen MR) is 67.6 cm³/mol. The van der Waals surface area contributed by atoms with E-state index in [-0.39, 0.29) is 11.3 Å². The molecule has 0 bridgehead atoms. The van der Waals surface area contributed by atoms with E-state index in [0.717, 1.165) is 11.3 Å². The molecule has 0 spiro atoms. The molecule has 2 nitrogen and oxygen atoms in total. The van der Waals surface area contributed by atoms with Crippen molar-refractivity contribution in [3.05, 3.63) is 29.8 Å². The van der Waals surface area contributed by atoms with Crippen molar-refractivity contribution in [1.29, 1.82) is 0 Å². The zero-order valence-electron chi connectivity index (χ0n) is 9.87. The van der Waals surface area contributed by atoms with E-state index in [2.05, 4.69) is 19.6 Å². The summed E-state index contributed by atoms with van der Waals surface area (Å²) in [6, 6.07) is 7.69. The van der Waals surface area contributed by atoms with E-state index >= 15 is 0 Å². The van der Waals surface area contributed by atoms with Gasteiger partial charge in [0.1, 0.15) is 5.78 Å². The van der Waals surface area contributed by atoms with Gasteiger partial charge in [-0.15, -0.1) is 0 Å². The molecule has 0 aliphatic rings. The lowest BCUT2D eigenvalue weighted by Gasteiger charge is -2.28. The Balaban J connectivity index is 3.23. The number of nitrogen functional groups attached to an aromatic ring is 1. The first-order valence-corrected chi connectivity index (χ1v) is 8.76. The summed E-state index contributed by atoms with van der Waals surface area (Å²) in [4.78, 5) is 11.7. The van der Waals surface area contributed by atoms with Crippen molar-refractivity contribution in [2.24, 2.45) is 0 Å². The molecule has 0 amide bonds. The largest absolute Gasteiger partial charge is 0.398 e. The number of hydrogen-bond acceptors (Lipinski definition) is 2. The molecule has 0 heterocycles. The van der Waals surface area contributed by atoms with Gasteiger partial charge in [0.05, 0.1) is 8.07 Å². The monoisotopic (exact) mass is 221 g/mol. The molecule has 1 rings (SSSR count). The summed E-state index contributed by atoms with van der Waals surface area (Å²) >= 11 is 0. The summed E-state index contributed by atoms with van der Waals surface area (Å²) < 4.78 is 0. The fourth-order valence-electron chi connectivity index (χ4n) is 2.07. The Bertz CT molecular complexity index is 368. The maximum atomic E-state index is 11.7. The van der Waals surface area contributed by atoms with Crippen molar-refractivity contribution in [2.45, 2.75) is 32.1 Å². The summed E-state index contributed by atoms with van der Waals surface area (Å²) in [6.07, 6.45) is 0. The van der Waals surface area contributed by atoms with Gasteiger partial charge in [-0.05, 0) is 18.6 Å². The van der Waals surface area contributed by atoms with Crippen LogP contribution >= 0.6 is 0 Å². The van der Waals surface area contributed by atoms with Gasteiger partial charge in [0.15, 0.2) is 0 Å². The van der Waals surface area contributed by atoms with Crippen molar-refractivity contribution >= 4 is 19.5 Å². The molecule has 2 N–H and O–H groups in total. The molecule has 1 aromatic rings. The molecular formula is C12H19NOSi. The first kappa shape index (κ1) is 12.0. The van der Waals surface area contributed by atoms with Crippen molar-refractivity contribution in [3.63, 3.8) is 0 Å². The number of Topliss-reactive ketones (excluding diaryl/α,β-unsaturated/α-hetero) is 1. The van der Waals surface area contributed by atoms with Crippen LogP contribution in [0.4, 0.5) is 5.69 Å². The highest BCUT2D eigenvalue weighted by atomic mass is 28.3. The van der Waals surface area contributed by atoms with Crippen LogP contribution in [0.5, 0.6) is 0 Å². The molecule has 1 unspecified atom stereocenters. The van der Waals surface area contributed by atoms with Crippen LogP contribution in [0.3, 0.4) is 0 Å². The Morgan fingerprint density at radius 1 is 1.27 bits per heavy atom. The smallest absolute Gasteiger partial charge is 0.134 e. The maximum Gasteiger partial charge on any atom is 0.134 e. The molecule has 0 aliphatic heterocycles. The first-order chi connectivity index (χ1) is 6.84. The topological polar surface area (TPSA) is 43.1 Å². The van der Waals surface area contributed by atoms with Crippen molar-refractivity contribution in [3.8, 4) is 0 Å². The highest BCUT2D eigenvalue weighted by molar-refractivity contribution is 6.80. The van der Waals surface area contributed by atoms with Gasteiger partial charge in [-0.25, -0.2) is 0 Å². The van der Waals surface area contributed by atoms with Crippen LogP contribution in [0, 0.1) is 0 Å². The van der Waals surface area contributed by atoms with Crippen LogP contribution in [-0.2, 0) is 4.79 Å². The third-order valence-electron chi connectivity index (χ3n) is 2.58. The van der Waals surface area contributed by atoms with Crippen LogP contribution in [0.2, 0.25) is 19.6 Å². The lowest BCUT2D eigenvalue weighted by molar-refractivity contribution is -0.116. The summed E-state index contributed by atoms with van der Waals surface area (Å²) in [5.74, 6) is 0.229. The highest BCUT2D eigenvalue weighted by Gasteiger charge is 2.32. The van der Waals surface area contributed by atoms with Crippen LogP contribution in [0.15, 0.2) is 24.3 Å². The van der Waals surface area contributed by atoms with Gasteiger partial charge >= 0.3 is 0 Å². The van der Waals surface area contributed by atoms with Crippen LogP contribution in [-0.4, -0.2) is 13.9 Å². The second kappa shape index (κ2) is 4.19. The lowest BCUT2D eigenvalue weighted by Crippen LogP contribution is -2.36. The Labute approximate surface area is 92.5 Å². The highest BCUT2D eigenvalue weighted by Crippen LogP contribution is 2.31. The molecule has 0 radical (unpaired) electrons. The van der Waals surface area contributed by atoms with E-state index in [4.69, 9.17) is 5.73 Å². The minimum Gasteiger partial charge on any atom is -0.398 e. The number of para-hydroxylation sites is 1. The molecule has 0 fully saturated rings. The lowest BCUT2D eigenvalue weighted by atomic mass is 10.1. The van der Waals surface area contributed by atoms with Crippen molar-refractivity contribution in [1.82, 2.24) is 0 Å². The minimum atomic E-state index is -1.55. The van der Waals surface area contributed by atoms with E-state index in [1.54, 1.807) is 6.92 Å². The zero-order valence-corrected chi connectivity index (χ0v) is 10.9. The van der Waals surface area contributed by atoms with Crippen molar-refractivity contribution in [2.75, 3.05) is 5.73 Å². The number of carbonyl (C=O) groups is 1. The molecule has 0 saturated heterocycles. The van der Waals surface area contributed by atoms with Gasteiger partial charge in [-0.3, -0.25) is 4.79 Å². The average molecular weight is 221 g/mol. The second-order valence-electron chi connectivity index (χ2n) is 5.04. The van der Waals surface area contributed by atoms with Gasteiger partial charge < -0.3 is 5.73 Å². The molecule has 82 valence electrons. The van der Waals surface area contributed by atoms with E-state index in [1.807, 2.05) is 24.3 Å². The third-order valence-corrected chi connectivity index (χ3v) is 5.03. The number of rotatable bonds is 3. The van der Waals surface area contributed by atoms with E-state index in [1.165, 1.54) is 0 Å². The van der Waals surface area contributed by atoms with E-state index in [9.17, 15) is 4.79 Å². The maximum absolute atomic E-state index is 11.7. The fraction of sp³-hybridized carbons (Fsp3) is 0.417. The van der Waals surface area contributed by atoms with Crippen LogP contribution in [0.25, 0.3) is 0 Å². The Morgan fingerprint density at radius 2 is 1.80 bits per heavy atom. The average Bonchev–Trinajstić information content (AvgIpc) is 2.05. The number of benzene rings is 1. The summed E-state index contributed by atoms with van der Waals surface area (Å²) in [7, 11) is -1.55. The quantitative estimate of drug-likeness (QED) is 0.630. The van der Waals surface area contributed by atoms with E-state index in [0.29, 0.717) is 0 Å². The summed E-state index contributed by atoms with van der Waals surface area (Å²) in [5, 5.41) is 0. The fourth-order valence-corrected chi connectivity index (χ4v) is 4.48. The molecular weight excluding hydrogens is 202 g/mol. The molecule has 0 saturated carbocycles. The zero-order chi connectivity index (χ0) is 11.6. The molecule has 15 heavy (non-hydrogen) atoms. The predicted octanol–water partition coefficient (Wildman–Crippen LogP) is 2.82. The van der Waals surface area contributed by atoms with Gasteiger partial charge in [0, 0.05) is 11.2 Å². The standard InChI is InChI=1S/C12H19NOSi/c1-9(14)12(15(2,3)4)10-7-5-6-8-11(10)13/h5-8,12H,13H2,1-4H3. The van der Waals surface area contributed by atoms with Gasteiger partial charge in [0.25, 0.3) is 0 Å². The Kier molecular flexibility index (Phi) is 3.34. The first-order valence-electron chi connectivity index (χ1n) is 5.19. The number of hydrogen-bond donors (Lipinski definition) is 1. The Morgan fingerprint density at radius 3 is 2.20 bits per heavy atom. The molecule has 3 heteroatoms. The van der Waals surface area contributed by atoms with Crippen molar-refractivity contribution < 1.29 is 4.79 Å². The second-order valence-corrected chi connectivity index (χ2v) is 10.3. The molecule has 0 aromatic heterocycles. The minimum absolute atomic E-state index is 0.0127. The number of anilines is 1. The van der Waals surface area contributed by atoms with Gasteiger partial charge in [-0.2, -0.15) is 0 Å². The van der Waals surface area contributed by atoms with E-state index < -0.39 is 8.07 Å². The SMILES string of the molecule is CC(=O)C(c1ccccc1N)[Si](C)(C)C. The summed E-state index contributed by atoms with van der Waals surface area (Å²) in [6.45, 7) is 8.26. The molecule has 1 aromatic carbocycles. The number of ketones is 1. The Hall–Kier alpha value is -1.09. The van der Waals surface area contributed by atoms with Gasteiger partial charge in [0.2, 0.25) is 0 Å². The van der Waals surface area contributed by atoms with Crippen LogP contribution < -0.4 is 5.73 Å². The van der Waals surface area contributed by atoms with Gasteiger partial charge in [-0.1, -0.05) is 37.8 Å². The summed E-state index contributed by atoms with van der Waals surface area (Å²) in [5.41, 5.74) is 7.68. The number of nitrogens with two attached hydrogens (primary N) is 1. The third kappa shape index (κ3) is 2.69. The molecule has 1 atom stereocenters. The number of carbonyl (C=O) groups excluding carboxylic acids is 1. The molecule has 0 aliphatic carbocycles. The normalized spacial score (nSPS) is 13.6. The van der Waals surface area contributed by atoms with Crippen LogP contribution in [0.1, 0.15) is 18.0 Å².